The van der Waals surface area contributed by atoms with Gasteiger partial charge in [-0.3, -0.25) is 4.79 Å². The molecular weight excluding hydrogens is 266 g/mol. The van der Waals surface area contributed by atoms with Gasteiger partial charge in [-0.1, -0.05) is 6.07 Å². The lowest BCUT2D eigenvalue weighted by Gasteiger charge is -2.27. The Kier molecular flexibility index (Phi) is 3.53. The second-order valence-electron chi connectivity index (χ2n) is 6.09. The minimum Gasteiger partial charge on any atom is -0.478 e. The largest absolute Gasteiger partial charge is 0.478 e. The summed E-state index contributed by atoms with van der Waals surface area (Å²) in [5.74, 6) is -0.229. The van der Waals surface area contributed by atoms with Gasteiger partial charge in [-0.15, -0.1) is 0 Å². The highest BCUT2D eigenvalue weighted by Crippen LogP contribution is 2.38. The Bertz CT molecular complexity index is 620. The summed E-state index contributed by atoms with van der Waals surface area (Å²) in [6, 6.07) is 5.94. The van der Waals surface area contributed by atoms with Gasteiger partial charge in [0.1, 0.15) is 0 Å². The lowest BCUT2D eigenvalue weighted by molar-refractivity contribution is -0.131. The molecule has 3 rings (SSSR count). The molecule has 0 aromatic heterocycles. The topological polar surface area (TPSA) is 57.6 Å². The van der Waals surface area contributed by atoms with E-state index in [1.54, 1.807) is 6.07 Å². The van der Waals surface area contributed by atoms with Gasteiger partial charge in [0, 0.05) is 24.2 Å². The van der Waals surface area contributed by atoms with E-state index in [4.69, 9.17) is 5.11 Å². The number of aryl methyl sites for hydroxylation is 1. The second-order valence-corrected chi connectivity index (χ2v) is 6.09. The Hall–Kier alpha value is -2.10. The highest BCUT2D eigenvalue weighted by Gasteiger charge is 2.40. The molecule has 1 aromatic carbocycles. The Morgan fingerprint density at radius 2 is 2.10 bits per heavy atom. The first-order chi connectivity index (χ1) is 10.0. The molecule has 21 heavy (non-hydrogen) atoms. The van der Waals surface area contributed by atoms with E-state index < -0.39 is 5.97 Å². The van der Waals surface area contributed by atoms with Crippen molar-refractivity contribution >= 4 is 18.0 Å². The summed E-state index contributed by atoms with van der Waals surface area (Å²) in [5, 5.41) is 8.70. The molecule has 0 radical (unpaired) electrons. The van der Waals surface area contributed by atoms with Gasteiger partial charge < -0.3 is 10.0 Å². The molecular formula is C17H19NO3. The minimum absolute atomic E-state index is 0.0795. The maximum Gasteiger partial charge on any atom is 0.328 e. The van der Waals surface area contributed by atoms with Gasteiger partial charge in [0.2, 0.25) is 0 Å². The summed E-state index contributed by atoms with van der Waals surface area (Å²) in [7, 11) is 0. The summed E-state index contributed by atoms with van der Waals surface area (Å²) in [6.07, 6.45) is 6.13. The number of carbonyl (C=O) groups excluding carboxylic acids is 1. The van der Waals surface area contributed by atoms with Crippen LogP contribution in [0.2, 0.25) is 0 Å². The van der Waals surface area contributed by atoms with Crippen LogP contribution in [-0.4, -0.2) is 34.5 Å². The predicted molar refractivity (Wildman–Crippen MR) is 80.0 cm³/mol. The van der Waals surface area contributed by atoms with Gasteiger partial charge in [-0.05, 0) is 61.4 Å². The third-order valence-corrected chi connectivity index (χ3v) is 4.44. The highest BCUT2D eigenvalue weighted by atomic mass is 16.4. The van der Waals surface area contributed by atoms with E-state index >= 15 is 0 Å². The summed E-state index contributed by atoms with van der Waals surface area (Å²) in [4.78, 5) is 25.3. The third kappa shape index (κ3) is 2.84. The maximum atomic E-state index is 12.7. The molecule has 2 aliphatic rings. The Morgan fingerprint density at radius 3 is 2.71 bits per heavy atom. The number of carbonyl (C=O) groups is 2. The molecule has 2 atom stereocenters. The van der Waals surface area contributed by atoms with Gasteiger partial charge in [0.05, 0.1) is 0 Å². The summed E-state index contributed by atoms with van der Waals surface area (Å²) < 4.78 is 0. The molecule has 2 bridgehead atoms. The van der Waals surface area contributed by atoms with Crippen LogP contribution in [0.5, 0.6) is 0 Å². The number of fused-ring (bicyclic) bond motifs is 2. The molecule has 1 saturated carbocycles. The molecule has 1 saturated heterocycles. The fourth-order valence-corrected chi connectivity index (χ4v) is 3.54. The van der Waals surface area contributed by atoms with E-state index in [9.17, 15) is 9.59 Å². The van der Waals surface area contributed by atoms with E-state index in [0.29, 0.717) is 17.5 Å². The first-order valence-electron chi connectivity index (χ1n) is 7.36. The number of rotatable bonds is 3. The third-order valence-electron chi connectivity index (χ3n) is 4.44. The van der Waals surface area contributed by atoms with Crippen LogP contribution in [0, 0.1) is 12.8 Å². The van der Waals surface area contributed by atoms with Gasteiger partial charge in [-0.2, -0.15) is 0 Å². The number of piperidine rings is 1. The van der Waals surface area contributed by atoms with E-state index in [0.717, 1.165) is 36.6 Å². The first kappa shape index (κ1) is 13.9. The van der Waals surface area contributed by atoms with Crippen molar-refractivity contribution in [1.29, 1.82) is 0 Å². The number of carboxylic acids is 1. The van der Waals surface area contributed by atoms with Gasteiger partial charge in [0.25, 0.3) is 5.91 Å². The molecule has 1 aliphatic heterocycles. The average Bonchev–Trinajstić information content (AvgIpc) is 3.06. The number of hydrogen-bond donors (Lipinski definition) is 1. The van der Waals surface area contributed by atoms with Gasteiger partial charge in [0.15, 0.2) is 0 Å². The maximum absolute atomic E-state index is 12.7. The van der Waals surface area contributed by atoms with Crippen LogP contribution in [-0.2, 0) is 4.79 Å². The van der Waals surface area contributed by atoms with Gasteiger partial charge in [-0.25, -0.2) is 4.79 Å². The number of amides is 1. The Morgan fingerprint density at radius 1 is 1.29 bits per heavy atom. The predicted octanol–water partition coefficient (Wildman–Crippen LogP) is 2.72. The number of carboxylic acid groups (broad SMARTS) is 1. The number of likely N-dealkylation sites (tertiary alicyclic amines) is 1. The summed E-state index contributed by atoms with van der Waals surface area (Å²) in [6.45, 7) is 2.79. The number of nitrogens with zero attached hydrogens (tertiary/aromatic N) is 1. The van der Waals surface area contributed by atoms with Crippen molar-refractivity contribution in [3.63, 3.8) is 0 Å². The fraction of sp³-hybridized carbons (Fsp3) is 0.412. The molecule has 2 fully saturated rings. The van der Waals surface area contributed by atoms with E-state index in [-0.39, 0.29) is 5.91 Å². The van der Waals surface area contributed by atoms with Crippen molar-refractivity contribution in [2.24, 2.45) is 5.92 Å². The first-order valence-corrected chi connectivity index (χ1v) is 7.36. The van der Waals surface area contributed by atoms with Crippen molar-refractivity contribution in [2.45, 2.75) is 32.2 Å². The number of aliphatic carboxylic acids is 1. The summed E-state index contributed by atoms with van der Waals surface area (Å²) >= 11 is 0. The van der Waals surface area contributed by atoms with E-state index in [1.807, 2.05) is 24.0 Å². The average molecular weight is 285 g/mol. The summed E-state index contributed by atoms with van der Waals surface area (Å²) in [5.41, 5.74) is 2.38. The van der Waals surface area contributed by atoms with Crippen LogP contribution in [0.25, 0.3) is 6.08 Å². The number of benzene rings is 1. The molecule has 1 amide bonds. The fourth-order valence-electron chi connectivity index (χ4n) is 3.54. The van der Waals surface area contributed by atoms with Crippen molar-refractivity contribution < 1.29 is 14.7 Å². The molecule has 4 heteroatoms. The minimum atomic E-state index is -0.985. The monoisotopic (exact) mass is 285 g/mol. The van der Waals surface area contributed by atoms with Crippen LogP contribution in [0.4, 0.5) is 0 Å². The Balaban J connectivity index is 1.84. The quantitative estimate of drug-likeness (QED) is 0.869. The Labute approximate surface area is 124 Å². The van der Waals surface area contributed by atoms with Crippen LogP contribution < -0.4 is 0 Å². The zero-order valence-electron chi connectivity index (χ0n) is 12.1. The second kappa shape index (κ2) is 5.35. The van der Waals surface area contributed by atoms with Crippen LogP contribution >= 0.6 is 0 Å². The molecule has 110 valence electrons. The van der Waals surface area contributed by atoms with Crippen LogP contribution in [0.15, 0.2) is 24.3 Å². The van der Waals surface area contributed by atoms with Crippen molar-refractivity contribution in [2.75, 3.05) is 6.54 Å². The molecule has 1 heterocycles. The highest BCUT2D eigenvalue weighted by molar-refractivity contribution is 5.96. The molecule has 1 aliphatic carbocycles. The molecule has 1 aromatic rings. The van der Waals surface area contributed by atoms with Crippen LogP contribution in [0.3, 0.4) is 0 Å². The van der Waals surface area contributed by atoms with Crippen molar-refractivity contribution in [3.8, 4) is 0 Å². The van der Waals surface area contributed by atoms with Crippen LogP contribution in [0.1, 0.15) is 40.7 Å². The van der Waals surface area contributed by atoms with E-state index in [1.165, 1.54) is 12.5 Å². The van der Waals surface area contributed by atoms with Crippen molar-refractivity contribution in [1.82, 2.24) is 4.90 Å². The lowest BCUT2D eigenvalue weighted by atomic mass is 10.0. The standard InChI is InChI=1S/C17H19NO3/c1-11-6-12(3-5-16(19)20)8-14(7-11)17(21)18-10-13-2-4-15(18)9-13/h3,5-8,13,15H,2,4,9-10H2,1H3,(H,19,20)/b5-3+. The normalized spacial score (nSPS) is 24.0. The molecule has 4 nitrogen and oxygen atoms in total. The molecule has 1 N–H and O–H groups in total. The number of hydrogen-bond acceptors (Lipinski definition) is 2. The smallest absolute Gasteiger partial charge is 0.328 e. The molecule has 0 spiro atoms. The van der Waals surface area contributed by atoms with Crippen molar-refractivity contribution in [3.05, 3.63) is 41.0 Å². The lowest BCUT2D eigenvalue weighted by Crippen LogP contribution is -2.37. The zero-order valence-corrected chi connectivity index (χ0v) is 12.1. The SMILES string of the molecule is Cc1cc(/C=C/C(=O)O)cc(C(=O)N2CC3CCC2C3)c1. The molecule has 2 unspecified atom stereocenters. The zero-order chi connectivity index (χ0) is 15.0. The van der Waals surface area contributed by atoms with Gasteiger partial charge >= 0.3 is 5.97 Å². The van der Waals surface area contributed by atoms with E-state index in [2.05, 4.69) is 0 Å².